The number of rotatable bonds is 6. The first-order valence-corrected chi connectivity index (χ1v) is 12.2. The molecule has 0 saturated heterocycles. The Morgan fingerprint density at radius 3 is 2.32 bits per heavy atom. The molecule has 4 rings (SSSR count). The normalized spacial score (nSPS) is 11.1. The number of benzene rings is 3. The summed E-state index contributed by atoms with van der Waals surface area (Å²) in [7, 11) is -3.60. The van der Waals surface area contributed by atoms with Crippen molar-refractivity contribution in [2.75, 3.05) is 6.26 Å². The molecule has 0 aliphatic heterocycles. The minimum atomic E-state index is -3.60. The van der Waals surface area contributed by atoms with Crippen LogP contribution in [0.5, 0.6) is 5.75 Å². The van der Waals surface area contributed by atoms with E-state index >= 15 is 0 Å². The number of carbonyl (C=O) groups is 2. The highest BCUT2D eigenvalue weighted by molar-refractivity contribution is 7.90. The molecule has 1 aromatic heterocycles. The average molecular weight is 476 g/mol. The number of nitrogens with zero attached hydrogens (tertiary/aromatic N) is 1. The molecule has 0 bridgehead atoms. The number of aromatic nitrogens is 1. The number of hydrogen-bond donors (Lipinski definition) is 2. The maximum absolute atomic E-state index is 12.4. The molecule has 0 aliphatic carbocycles. The maximum Gasteiger partial charge on any atom is 0.271 e. The van der Waals surface area contributed by atoms with Crippen LogP contribution in [0.4, 0.5) is 0 Å². The van der Waals surface area contributed by atoms with Gasteiger partial charge in [-0.2, -0.15) is 0 Å². The first-order chi connectivity index (χ1) is 16.3. The van der Waals surface area contributed by atoms with E-state index in [9.17, 15) is 18.0 Å². The SMILES string of the molecule is CS(=O)(=O)c1ccccc1C(=O)NNC(=O)c1ccc(COc2cccc3cccnc23)cc1. The van der Waals surface area contributed by atoms with E-state index in [1.807, 2.05) is 30.3 Å². The molecule has 0 aliphatic rings. The van der Waals surface area contributed by atoms with Crippen molar-refractivity contribution >= 4 is 32.6 Å². The molecular formula is C25H21N3O5S. The lowest BCUT2D eigenvalue weighted by atomic mass is 10.1. The Bertz CT molecular complexity index is 1460. The fraction of sp³-hybridized carbons (Fsp3) is 0.0800. The van der Waals surface area contributed by atoms with Crippen LogP contribution >= 0.6 is 0 Å². The molecule has 0 fully saturated rings. The lowest BCUT2D eigenvalue weighted by Gasteiger charge is -2.11. The first kappa shape index (κ1) is 22.9. The summed E-state index contributed by atoms with van der Waals surface area (Å²) in [5, 5.41) is 0.980. The van der Waals surface area contributed by atoms with Crippen molar-refractivity contribution in [3.8, 4) is 5.75 Å². The highest BCUT2D eigenvalue weighted by Gasteiger charge is 2.18. The van der Waals surface area contributed by atoms with Gasteiger partial charge in [-0.15, -0.1) is 0 Å². The molecule has 4 aromatic rings. The Hall–Kier alpha value is -4.24. The standard InChI is InChI=1S/C25H21N3O5S/c1-34(31,32)22-10-3-2-8-20(22)25(30)28-27-24(29)19-13-11-17(12-14-19)16-33-21-9-4-6-18-7-5-15-26-23(18)21/h2-15H,16H2,1H3,(H,27,29)(H,28,30). The second-order valence-corrected chi connectivity index (χ2v) is 9.48. The zero-order valence-electron chi connectivity index (χ0n) is 18.2. The molecule has 0 atom stereocenters. The Kier molecular flexibility index (Phi) is 6.55. The monoisotopic (exact) mass is 475 g/mol. The Balaban J connectivity index is 1.37. The summed E-state index contributed by atoms with van der Waals surface area (Å²) in [6.07, 6.45) is 2.72. The van der Waals surface area contributed by atoms with Gasteiger partial charge < -0.3 is 4.74 Å². The van der Waals surface area contributed by atoms with Crippen LogP contribution < -0.4 is 15.6 Å². The maximum atomic E-state index is 12.4. The highest BCUT2D eigenvalue weighted by atomic mass is 32.2. The van der Waals surface area contributed by atoms with Gasteiger partial charge in [-0.05, 0) is 42.0 Å². The van der Waals surface area contributed by atoms with Gasteiger partial charge >= 0.3 is 0 Å². The molecule has 172 valence electrons. The summed E-state index contributed by atoms with van der Waals surface area (Å²) in [4.78, 5) is 29.1. The van der Waals surface area contributed by atoms with Crippen LogP contribution in [0.15, 0.2) is 90.0 Å². The fourth-order valence-corrected chi connectivity index (χ4v) is 4.22. The van der Waals surface area contributed by atoms with Crippen molar-refractivity contribution in [2.24, 2.45) is 0 Å². The number of fused-ring (bicyclic) bond motifs is 1. The van der Waals surface area contributed by atoms with Gasteiger partial charge in [-0.1, -0.05) is 42.5 Å². The van der Waals surface area contributed by atoms with Crippen molar-refractivity contribution in [1.82, 2.24) is 15.8 Å². The number of sulfone groups is 1. The minimum absolute atomic E-state index is 0.0549. The zero-order chi connectivity index (χ0) is 24.1. The van der Waals surface area contributed by atoms with E-state index in [-0.39, 0.29) is 17.1 Å². The summed E-state index contributed by atoms with van der Waals surface area (Å²) in [5.74, 6) is -0.615. The van der Waals surface area contributed by atoms with Crippen molar-refractivity contribution < 1.29 is 22.7 Å². The molecule has 2 N–H and O–H groups in total. The molecule has 0 spiro atoms. The summed E-state index contributed by atoms with van der Waals surface area (Å²) < 4.78 is 29.7. The molecule has 9 heteroatoms. The van der Waals surface area contributed by atoms with E-state index in [1.54, 1.807) is 36.5 Å². The van der Waals surface area contributed by atoms with Crippen LogP contribution in [0.2, 0.25) is 0 Å². The third-order valence-electron chi connectivity index (χ3n) is 5.03. The van der Waals surface area contributed by atoms with Crippen molar-refractivity contribution in [1.29, 1.82) is 0 Å². The Morgan fingerprint density at radius 1 is 0.853 bits per heavy atom. The number of para-hydroxylation sites is 1. The van der Waals surface area contributed by atoms with Crippen molar-refractivity contribution in [3.63, 3.8) is 0 Å². The predicted molar refractivity (Wildman–Crippen MR) is 127 cm³/mol. The van der Waals surface area contributed by atoms with Gasteiger partial charge in [0.15, 0.2) is 9.84 Å². The van der Waals surface area contributed by atoms with E-state index in [2.05, 4.69) is 15.8 Å². The smallest absolute Gasteiger partial charge is 0.271 e. The summed E-state index contributed by atoms with van der Waals surface area (Å²) in [6, 6.07) is 22.0. The Morgan fingerprint density at radius 2 is 1.56 bits per heavy atom. The Labute approximate surface area is 196 Å². The van der Waals surface area contributed by atoms with Crippen LogP contribution in [-0.2, 0) is 16.4 Å². The van der Waals surface area contributed by atoms with E-state index in [0.717, 1.165) is 22.7 Å². The number of ether oxygens (including phenoxy) is 1. The van der Waals surface area contributed by atoms with E-state index in [4.69, 9.17) is 4.74 Å². The van der Waals surface area contributed by atoms with Gasteiger partial charge in [0.2, 0.25) is 0 Å². The van der Waals surface area contributed by atoms with E-state index < -0.39 is 21.7 Å². The van der Waals surface area contributed by atoms with Crippen LogP contribution in [0.3, 0.4) is 0 Å². The number of pyridine rings is 1. The number of amides is 2. The van der Waals surface area contributed by atoms with Crippen LogP contribution in [0.1, 0.15) is 26.3 Å². The predicted octanol–water partition coefficient (Wildman–Crippen LogP) is 3.29. The highest BCUT2D eigenvalue weighted by Crippen LogP contribution is 2.24. The quantitative estimate of drug-likeness (QED) is 0.414. The van der Waals surface area contributed by atoms with Gasteiger partial charge in [0.25, 0.3) is 11.8 Å². The summed E-state index contributed by atoms with van der Waals surface area (Å²) in [5.41, 5.74) is 6.43. The fourth-order valence-electron chi connectivity index (χ4n) is 3.34. The molecule has 3 aromatic carbocycles. The lowest BCUT2D eigenvalue weighted by molar-refractivity contribution is 0.0845. The molecule has 34 heavy (non-hydrogen) atoms. The third-order valence-corrected chi connectivity index (χ3v) is 6.18. The van der Waals surface area contributed by atoms with Crippen LogP contribution in [0.25, 0.3) is 10.9 Å². The lowest BCUT2D eigenvalue weighted by Crippen LogP contribution is -2.42. The molecule has 0 unspecified atom stereocenters. The van der Waals surface area contributed by atoms with Crippen molar-refractivity contribution in [3.05, 3.63) is 102 Å². The summed E-state index contributed by atoms with van der Waals surface area (Å²) in [6.45, 7) is 0.288. The topological polar surface area (TPSA) is 114 Å². The van der Waals surface area contributed by atoms with Crippen molar-refractivity contribution in [2.45, 2.75) is 11.5 Å². The molecule has 8 nitrogen and oxygen atoms in total. The van der Waals surface area contributed by atoms with Crippen LogP contribution in [-0.4, -0.2) is 31.5 Å². The third kappa shape index (κ3) is 5.21. The molecule has 0 saturated carbocycles. The average Bonchev–Trinajstić information content (AvgIpc) is 2.85. The second kappa shape index (κ2) is 9.72. The van der Waals surface area contributed by atoms with Gasteiger partial charge in [0.05, 0.1) is 10.5 Å². The zero-order valence-corrected chi connectivity index (χ0v) is 19.0. The van der Waals surface area contributed by atoms with Crippen LogP contribution in [0, 0.1) is 0 Å². The molecule has 2 amide bonds. The first-order valence-electron chi connectivity index (χ1n) is 10.3. The number of carbonyl (C=O) groups excluding carboxylic acids is 2. The number of hydrazine groups is 1. The molecular weight excluding hydrogens is 454 g/mol. The largest absolute Gasteiger partial charge is 0.487 e. The number of nitrogens with one attached hydrogen (secondary N) is 2. The van der Waals surface area contributed by atoms with E-state index in [0.29, 0.717) is 11.3 Å². The van der Waals surface area contributed by atoms with Gasteiger partial charge in [0, 0.05) is 23.4 Å². The van der Waals surface area contributed by atoms with Gasteiger partial charge in [0.1, 0.15) is 17.9 Å². The van der Waals surface area contributed by atoms with E-state index in [1.165, 1.54) is 18.2 Å². The minimum Gasteiger partial charge on any atom is -0.487 e. The van der Waals surface area contributed by atoms with Gasteiger partial charge in [-0.3, -0.25) is 25.4 Å². The number of hydrogen-bond acceptors (Lipinski definition) is 6. The second-order valence-electron chi connectivity index (χ2n) is 7.49. The molecule has 1 heterocycles. The van der Waals surface area contributed by atoms with Gasteiger partial charge in [-0.25, -0.2) is 8.42 Å². The summed E-state index contributed by atoms with van der Waals surface area (Å²) >= 11 is 0. The molecule has 0 radical (unpaired) electrons.